The van der Waals surface area contributed by atoms with Gasteiger partial charge in [-0.15, -0.1) is 0 Å². The lowest BCUT2D eigenvalue weighted by Crippen LogP contribution is -2.63. The van der Waals surface area contributed by atoms with Crippen LogP contribution in [0.3, 0.4) is 0 Å². The molecule has 8 nitrogen and oxygen atoms in total. The Morgan fingerprint density at radius 2 is 2.19 bits per heavy atom. The first kappa shape index (κ1) is 16.1. The van der Waals surface area contributed by atoms with E-state index in [-0.39, 0.29) is 29.7 Å². The summed E-state index contributed by atoms with van der Waals surface area (Å²) in [6, 6.07) is 1.40. The Hall–Kier alpha value is -1.23. The lowest BCUT2D eigenvalue weighted by molar-refractivity contribution is -0.131. The predicted octanol–water partition coefficient (Wildman–Crippen LogP) is 0.0288. The standard InChI is InChI=1S/C11H16BrN5O3S/c1-11(2)10(18)14-3-4-17(11)21(19,20)8-5-7(12)6-15-9(8)16-13/h5-6H,3-4,13H2,1-2H3,(H,14,18)(H,15,16). The van der Waals surface area contributed by atoms with Crippen molar-refractivity contribution in [2.45, 2.75) is 24.3 Å². The number of nitrogens with zero attached hydrogens (tertiary/aromatic N) is 2. The molecule has 1 fully saturated rings. The van der Waals surface area contributed by atoms with E-state index in [4.69, 9.17) is 5.84 Å². The lowest BCUT2D eigenvalue weighted by atomic mass is 10.0. The molecule has 21 heavy (non-hydrogen) atoms. The quantitative estimate of drug-likeness (QED) is 0.505. The molecule has 0 aromatic carbocycles. The zero-order valence-electron chi connectivity index (χ0n) is 11.6. The fraction of sp³-hybridized carbons (Fsp3) is 0.455. The third-order valence-corrected chi connectivity index (χ3v) is 5.82. The lowest BCUT2D eigenvalue weighted by Gasteiger charge is -2.39. The summed E-state index contributed by atoms with van der Waals surface area (Å²) in [6.45, 7) is 3.55. The van der Waals surface area contributed by atoms with Crippen molar-refractivity contribution in [1.82, 2.24) is 14.6 Å². The van der Waals surface area contributed by atoms with E-state index in [1.54, 1.807) is 13.8 Å². The van der Waals surface area contributed by atoms with Gasteiger partial charge in [0.1, 0.15) is 10.4 Å². The van der Waals surface area contributed by atoms with Crippen LogP contribution >= 0.6 is 15.9 Å². The van der Waals surface area contributed by atoms with Crippen molar-refractivity contribution >= 4 is 37.7 Å². The van der Waals surface area contributed by atoms with Gasteiger partial charge in [-0.2, -0.15) is 4.31 Å². The Kier molecular flexibility index (Phi) is 4.24. The van der Waals surface area contributed by atoms with Crippen molar-refractivity contribution in [3.63, 3.8) is 0 Å². The summed E-state index contributed by atoms with van der Waals surface area (Å²) in [6.07, 6.45) is 1.43. The molecule has 0 aliphatic carbocycles. The number of aromatic nitrogens is 1. The second-order valence-electron chi connectivity index (χ2n) is 5.04. The van der Waals surface area contributed by atoms with Crippen molar-refractivity contribution in [3.05, 3.63) is 16.7 Å². The third-order valence-electron chi connectivity index (χ3n) is 3.30. The first-order chi connectivity index (χ1) is 9.71. The number of amides is 1. The third kappa shape index (κ3) is 2.76. The number of carbonyl (C=O) groups excluding carboxylic acids is 1. The Morgan fingerprint density at radius 3 is 2.81 bits per heavy atom. The number of nitrogen functional groups attached to an aromatic ring is 1. The Labute approximate surface area is 131 Å². The second-order valence-corrected chi connectivity index (χ2v) is 7.78. The van der Waals surface area contributed by atoms with Gasteiger partial charge in [0.15, 0.2) is 5.82 Å². The van der Waals surface area contributed by atoms with E-state index < -0.39 is 15.6 Å². The number of hydrazine groups is 1. The fourth-order valence-corrected chi connectivity index (χ4v) is 4.51. The maximum absolute atomic E-state index is 12.9. The number of hydrogen-bond acceptors (Lipinski definition) is 6. The predicted molar refractivity (Wildman–Crippen MR) is 80.7 cm³/mol. The van der Waals surface area contributed by atoms with Gasteiger partial charge >= 0.3 is 0 Å². The average Bonchev–Trinajstić information content (AvgIpc) is 2.41. The van der Waals surface area contributed by atoms with Crippen LogP contribution in [0.15, 0.2) is 21.6 Å². The van der Waals surface area contributed by atoms with Crippen molar-refractivity contribution in [1.29, 1.82) is 0 Å². The number of carbonyl (C=O) groups is 1. The van der Waals surface area contributed by atoms with Crippen molar-refractivity contribution < 1.29 is 13.2 Å². The van der Waals surface area contributed by atoms with Crippen molar-refractivity contribution in [2.24, 2.45) is 5.84 Å². The zero-order valence-corrected chi connectivity index (χ0v) is 14.0. The van der Waals surface area contributed by atoms with E-state index in [0.717, 1.165) is 4.31 Å². The highest BCUT2D eigenvalue weighted by Crippen LogP contribution is 2.31. The van der Waals surface area contributed by atoms with Crippen molar-refractivity contribution in [3.8, 4) is 0 Å². The SMILES string of the molecule is CC1(C)C(=O)NCCN1S(=O)(=O)c1cc(Br)cnc1NN. The highest BCUT2D eigenvalue weighted by Gasteiger charge is 2.45. The van der Waals surface area contributed by atoms with Crippen LogP contribution in [-0.2, 0) is 14.8 Å². The molecule has 0 bridgehead atoms. The summed E-state index contributed by atoms with van der Waals surface area (Å²) in [4.78, 5) is 15.8. The summed E-state index contributed by atoms with van der Waals surface area (Å²) < 4.78 is 27.4. The van der Waals surface area contributed by atoms with Gasteiger partial charge in [-0.05, 0) is 35.8 Å². The van der Waals surface area contributed by atoms with Gasteiger partial charge in [0.05, 0.1) is 0 Å². The van der Waals surface area contributed by atoms with Gasteiger partial charge in [0.25, 0.3) is 0 Å². The largest absolute Gasteiger partial charge is 0.353 e. The monoisotopic (exact) mass is 377 g/mol. The molecular weight excluding hydrogens is 362 g/mol. The van der Waals surface area contributed by atoms with E-state index in [0.29, 0.717) is 4.47 Å². The van der Waals surface area contributed by atoms with Crippen LogP contribution in [0.5, 0.6) is 0 Å². The number of pyridine rings is 1. The van der Waals surface area contributed by atoms with E-state index in [1.165, 1.54) is 12.3 Å². The van der Waals surface area contributed by atoms with E-state index in [9.17, 15) is 13.2 Å². The van der Waals surface area contributed by atoms with Gasteiger partial charge in [-0.1, -0.05) is 0 Å². The summed E-state index contributed by atoms with van der Waals surface area (Å²) in [5, 5.41) is 2.66. The number of nitrogens with two attached hydrogens (primary N) is 1. The molecule has 1 aliphatic rings. The first-order valence-electron chi connectivity index (χ1n) is 6.14. The molecule has 4 N–H and O–H groups in total. The molecule has 1 aliphatic heterocycles. The minimum Gasteiger partial charge on any atom is -0.353 e. The minimum atomic E-state index is -3.93. The molecule has 1 amide bonds. The molecular formula is C11H16BrN5O3S. The first-order valence-corrected chi connectivity index (χ1v) is 8.38. The minimum absolute atomic E-state index is 0.0278. The number of rotatable bonds is 3. The van der Waals surface area contributed by atoms with Gasteiger partial charge in [0.2, 0.25) is 15.9 Å². The number of nitrogens with one attached hydrogen (secondary N) is 2. The molecule has 1 aromatic heterocycles. The Balaban J connectivity index is 2.57. The average molecular weight is 378 g/mol. The molecule has 0 atom stereocenters. The molecule has 116 valence electrons. The molecule has 1 aromatic rings. The number of sulfonamides is 1. The topological polar surface area (TPSA) is 117 Å². The maximum Gasteiger partial charge on any atom is 0.247 e. The highest BCUT2D eigenvalue weighted by atomic mass is 79.9. The zero-order chi connectivity index (χ0) is 15.8. The van der Waals surface area contributed by atoms with Gasteiger partial charge < -0.3 is 10.7 Å². The number of piperazine rings is 1. The summed E-state index contributed by atoms with van der Waals surface area (Å²) in [7, 11) is -3.93. The molecule has 1 saturated heterocycles. The normalized spacial score (nSPS) is 19.1. The molecule has 0 spiro atoms. The number of halogens is 1. The van der Waals surface area contributed by atoms with E-state index >= 15 is 0 Å². The summed E-state index contributed by atoms with van der Waals surface area (Å²) in [5.74, 6) is 5.01. The van der Waals surface area contributed by atoms with Crippen LogP contribution < -0.4 is 16.6 Å². The number of anilines is 1. The molecule has 0 radical (unpaired) electrons. The van der Waals surface area contributed by atoms with Crippen LogP contribution in [0.1, 0.15) is 13.8 Å². The molecule has 0 saturated carbocycles. The maximum atomic E-state index is 12.9. The summed E-state index contributed by atoms with van der Waals surface area (Å²) >= 11 is 3.19. The molecule has 2 rings (SSSR count). The van der Waals surface area contributed by atoms with Gasteiger partial charge in [-0.25, -0.2) is 19.2 Å². The van der Waals surface area contributed by atoms with E-state index in [1.807, 2.05) is 0 Å². The highest BCUT2D eigenvalue weighted by molar-refractivity contribution is 9.10. The van der Waals surface area contributed by atoms with Crippen LogP contribution in [0.4, 0.5) is 5.82 Å². The second kappa shape index (κ2) is 5.52. The Bertz CT molecular complexity index is 676. The van der Waals surface area contributed by atoms with Crippen LogP contribution in [0, 0.1) is 0 Å². The van der Waals surface area contributed by atoms with Gasteiger partial charge in [-0.3, -0.25) is 4.79 Å². The Morgan fingerprint density at radius 1 is 1.52 bits per heavy atom. The van der Waals surface area contributed by atoms with Crippen LogP contribution in [-0.4, -0.2) is 42.2 Å². The fourth-order valence-electron chi connectivity index (χ4n) is 2.15. The molecule has 10 heteroatoms. The van der Waals surface area contributed by atoms with Crippen molar-refractivity contribution in [2.75, 3.05) is 18.5 Å². The molecule has 2 heterocycles. The summed E-state index contributed by atoms with van der Waals surface area (Å²) in [5.41, 5.74) is 1.08. The molecule has 0 unspecified atom stereocenters. The van der Waals surface area contributed by atoms with E-state index in [2.05, 4.69) is 31.7 Å². The number of hydrogen-bond donors (Lipinski definition) is 3. The van der Waals surface area contributed by atoms with Crippen LogP contribution in [0.25, 0.3) is 0 Å². The smallest absolute Gasteiger partial charge is 0.247 e. The van der Waals surface area contributed by atoms with Gasteiger partial charge in [0, 0.05) is 23.8 Å². The van der Waals surface area contributed by atoms with Crippen LogP contribution in [0.2, 0.25) is 0 Å².